The Hall–Kier alpha value is -1.13. The van der Waals surface area contributed by atoms with E-state index in [1.54, 1.807) is 11.3 Å². The fourth-order valence-electron chi connectivity index (χ4n) is 3.43. The van der Waals surface area contributed by atoms with Gasteiger partial charge < -0.3 is 4.90 Å². The maximum absolute atomic E-state index is 4.36. The molecule has 4 heteroatoms. The first-order valence-corrected chi connectivity index (χ1v) is 8.10. The quantitative estimate of drug-likeness (QED) is 0.796. The lowest BCUT2D eigenvalue weighted by atomic mass is 9.99. The van der Waals surface area contributed by atoms with E-state index in [9.17, 15) is 0 Å². The molecule has 0 bridgehead atoms. The molecule has 0 aliphatic carbocycles. The molecule has 0 amide bonds. The number of anilines is 1. The highest BCUT2D eigenvalue weighted by Gasteiger charge is 2.28. The number of benzene rings is 1. The van der Waals surface area contributed by atoms with E-state index in [1.807, 2.05) is 5.51 Å². The second-order valence-electron chi connectivity index (χ2n) is 5.64. The summed E-state index contributed by atoms with van der Waals surface area (Å²) in [6.07, 6.45) is 4.17. The van der Waals surface area contributed by atoms with Gasteiger partial charge in [-0.1, -0.05) is 6.42 Å². The Bertz CT molecular complexity index is 580. The second kappa shape index (κ2) is 4.76. The molecule has 100 valence electrons. The summed E-state index contributed by atoms with van der Waals surface area (Å²) in [5.41, 5.74) is 4.44. The maximum Gasteiger partial charge on any atom is 0.0813 e. The molecule has 3 heterocycles. The molecule has 1 aromatic heterocycles. The molecule has 1 aromatic carbocycles. The molecule has 0 radical (unpaired) electrons. The number of aromatic nitrogens is 1. The van der Waals surface area contributed by atoms with Crippen LogP contribution in [0.15, 0.2) is 23.7 Å². The molecule has 2 aliphatic rings. The van der Waals surface area contributed by atoms with Crippen LogP contribution in [0.5, 0.6) is 0 Å². The standard InChI is InChI=1S/C15H19N3S/c1-2-6-17-7-8-18(10-13(17)3-1)12-4-5-14-15(9-12)19-11-16-14/h4-5,9,11,13H,1-3,6-8,10H2. The Morgan fingerprint density at radius 1 is 1.16 bits per heavy atom. The molecule has 2 aliphatic heterocycles. The first-order chi connectivity index (χ1) is 9.40. The highest BCUT2D eigenvalue weighted by molar-refractivity contribution is 7.16. The van der Waals surface area contributed by atoms with E-state index in [0.29, 0.717) is 0 Å². The number of piperazine rings is 1. The molecule has 2 aromatic rings. The number of piperidine rings is 1. The van der Waals surface area contributed by atoms with Gasteiger partial charge in [-0.05, 0) is 37.6 Å². The minimum atomic E-state index is 0.777. The summed E-state index contributed by atoms with van der Waals surface area (Å²) in [6.45, 7) is 4.91. The number of fused-ring (bicyclic) bond motifs is 2. The van der Waals surface area contributed by atoms with Crippen LogP contribution in [0.25, 0.3) is 10.2 Å². The van der Waals surface area contributed by atoms with Gasteiger partial charge in [-0.2, -0.15) is 0 Å². The zero-order valence-electron chi connectivity index (χ0n) is 11.1. The molecule has 2 fully saturated rings. The van der Waals surface area contributed by atoms with Gasteiger partial charge in [0, 0.05) is 31.4 Å². The van der Waals surface area contributed by atoms with Crippen LogP contribution >= 0.6 is 11.3 Å². The summed E-state index contributed by atoms with van der Waals surface area (Å²) >= 11 is 1.74. The lowest BCUT2D eigenvalue weighted by molar-refractivity contribution is 0.133. The summed E-state index contributed by atoms with van der Waals surface area (Å²) in [7, 11) is 0. The van der Waals surface area contributed by atoms with Gasteiger partial charge in [0.15, 0.2) is 0 Å². The van der Waals surface area contributed by atoms with E-state index < -0.39 is 0 Å². The SMILES string of the molecule is c1nc2ccc(N3CCN4CCCCC4C3)cc2s1. The molecule has 0 spiro atoms. The monoisotopic (exact) mass is 273 g/mol. The molecule has 1 unspecified atom stereocenters. The van der Waals surface area contributed by atoms with Crippen LogP contribution in [0.1, 0.15) is 19.3 Å². The summed E-state index contributed by atoms with van der Waals surface area (Å²) < 4.78 is 1.31. The third kappa shape index (κ3) is 2.13. The zero-order valence-corrected chi connectivity index (χ0v) is 11.9. The van der Waals surface area contributed by atoms with E-state index in [0.717, 1.165) is 11.6 Å². The molecular weight excluding hydrogens is 254 g/mol. The van der Waals surface area contributed by atoms with E-state index >= 15 is 0 Å². The number of hydrogen-bond acceptors (Lipinski definition) is 4. The number of thiazole rings is 1. The Balaban J connectivity index is 1.58. The molecule has 4 rings (SSSR count). The van der Waals surface area contributed by atoms with Crippen LogP contribution in [0.3, 0.4) is 0 Å². The Morgan fingerprint density at radius 3 is 3.16 bits per heavy atom. The number of rotatable bonds is 1. The van der Waals surface area contributed by atoms with Crippen LogP contribution < -0.4 is 4.90 Å². The average molecular weight is 273 g/mol. The van der Waals surface area contributed by atoms with Crippen LogP contribution in [0, 0.1) is 0 Å². The van der Waals surface area contributed by atoms with Crippen LogP contribution in [0.2, 0.25) is 0 Å². The lowest BCUT2D eigenvalue weighted by Gasteiger charge is -2.44. The van der Waals surface area contributed by atoms with Crippen LogP contribution in [-0.4, -0.2) is 42.1 Å². The van der Waals surface area contributed by atoms with Gasteiger partial charge in [-0.3, -0.25) is 4.90 Å². The fourth-order valence-corrected chi connectivity index (χ4v) is 4.14. The molecule has 1 atom stereocenters. The maximum atomic E-state index is 4.36. The lowest BCUT2D eigenvalue weighted by Crippen LogP contribution is -2.54. The van der Waals surface area contributed by atoms with Crippen molar-refractivity contribution in [2.45, 2.75) is 25.3 Å². The van der Waals surface area contributed by atoms with E-state index in [1.165, 1.54) is 55.8 Å². The largest absolute Gasteiger partial charge is 0.369 e. The third-order valence-electron chi connectivity index (χ3n) is 4.52. The first kappa shape index (κ1) is 11.7. The molecule has 0 N–H and O–H groups in total. The van der Waals surface area contributed by atoms with Gasteiger partial charge >= 0.3 is 0 Å². The van der Waals surface area contributed by atoms with Gasteiger partial charge in [0.05, 0.1) is 15.7 Å². The normalized spacial score (nSPS) is 24.6. The molecule has 0 saturated carbocycles. The minimum absolute atomic E-state index is 0.777. The summed E-state index contributed by atoms with van der Waals surface area (Å²) in [4.78, 5) is 9.61. The van der Waals surface area contributed by atoms with Crippen molar-refractivity contribution in [2.24, 2.45) is 0 Å². The summed E-state index contributed by atoms with van der Waals surface area (Å²) in [5.74, 6) is 0. The number of hydrogen-bond donors (Lipinski definition) is 0. The minimum Gasteiger partial charge on any atom is -0.369 e. The summed E-state index contributed by atoms with van der Waals surface area (Å²) in [6, 6.07) is 7.49. The average Bonchev–Trinajstić information content (AvgIpc) is 2.94. The van der Waals surface area contributed by atoms with Crippen molar-refractivity contribution in [1.82, 2.24) is 9.88 Å². The van der Waals surface area contributed by atoms with Crippen molar-refractivity contribution in [3.8, 4) is 0 Å². The van der Waals surface area contributed by atoms with Crippen molar-refractivity contribution in [1.29, 1.82) is 0 Å². The van der Waals surface area contributed by atoms with Gasteiger partial charge in [0.1, 0.15) is 0 Å². The van der Waals surface area contributed by atoms with Gasteiger partial charge in [0.25, 0.3) is 0 Å². The highest BCUT2D eigenvalue weighted by atomic mass is 32.1. The van der Waals surface area contributed by atoms with E-state index in [2.05, 4.69) is 33.0 Å². The third-order valence-corrected chi connectivity index (χ3v) is 5.31. The Kier molecular flexibility index (Phi) is 2.93. The van der Waals surface area contributed by atoms with Crippen LogP contribution in [0.4, 0.5) is 5.69 Å². The molecule has 19 heavy (non-hydrogen) atoms. The Labute approximate surface area is 117 Å². The summed E-state index contributed by atoms with van der Waals surface area (Å²) in [5, 5.41) is 0. The van der Waals surface area contributed by atoms with Crippen LogP contribution in [-0.2, 0) is 0 Å². The van der Waals surface area contributed by atoms with Gasteiger partial charge in [0.2, 0.25) is 0 Å². The Morgan fingerprint density at radius 2 is 2.16 bits per heavy atom. The molecule has 3 nitrogen and oxygen atoms in total. The van der Waals surface area contributed by atoms with Gasteiger partial charge in [-0.15, -0.1) is 11.3 Å². The van der Waals surface area contributed by atoms with Crippen molar-refractivity contribution >= 4 is 27.2 Å². The van der Waals surface area contributed by atoms with Crippen molar-refractivity contribution in [3.63, 3.8) is 0 Å². The van der Waals surface area contributed by atoms with E-state index in [-0.39, 0.29) is 0 Å². The predicted molar refractivity (Wildman–Crippen MR) is 81.0 cm³/mol. The molecule has 2 saturated heterocycles. The zero-order chi connectivity index (χ0) is 12.7. The highest BCUT2D eigenvalue weighted by Crippen LogP contribution is 2.28. The van der Waals surface area contributed by atoms with Crippen molar-refractivity contribution < 1.29 is 0 Å². The number of nitrogens with zero attached hydrogens (tertiary/aromatic N) is 3. The van der Waals surface area contributed by atoms with Gasteiger partial charge in [-0.25, -0.2) is 4.98 Å². The molecular formula is C15H19N3S. The fraction of sp³-hybridized carbons (Fsp3) is 0.533. The predicted octanol–water partition coefficient (Wildman–Crippen LogP) is 2.97. The van der Waals surface area contributed by atoms with Crippen molar-refractivity contribution in [3.05, 3.63) is 23.7 Å². The van der Waals surface area contributed by atoms with E-state index in [4.69, 9.17) is 0 Å². The topological polar surface area (TPSA) is 19.4 Å². The second-order valence-corrected chi connectivity index (χ2v) is 6.52. The first-order valence-electron chi connectivity index (χ1n) is 7.22. The van der Waals surface area contributed by atoms with Crippen molar-refractivity contribution in [2.75, 3.05) is 31.1 Å². The smallest absolute Gasteiger partial charge is 0.0813 e.